The molecule has 17 heavy (non-hydrogen) atoms. The van der Waals surface area contributed by atoms with Gasteiger partial charge in [-0.1, -0.05) is 6.07 Å². The van der Waals surface area contributed by atoms with Gasteiger partial charge in [-0.15, -0.1) is 0 Å². The Hall–Kier alpha value is -1.46. The molecule has 0 radical (unpaired) electrons. The molecule has 0 heterocycles. The standard InChI is InChI=1S/C11H14ClNO4/c1-16-9-4-3-7(6-10(9)17-2)5-8(13-12)11(14)15/h3-4,6,8,13H,5H2,1-2H3,(H,14,15). The summed E-state index contributed by atoms with van der Waals surface area (Å²) >= 11 is 5.36. The first kappa shape index (κ1) is 13.6. The molecule has 0 amide bonds. The molecule has 0 aliphatic rings. The third-order valence-electron chi connectivity index (χ3n) is 2.32. The van der Waals surface area contributed by atoms with Crippen LogP contribution >= 0.6 is 11.8 Å². The second-order valence-corrected chi connectivity index (χ2v) is 3.61. The van der Waals surface area contributed by atoms with Gasteiger partial charge in [-0.25, -0.2) is 4.84 Å². The van der Waals surface area contributed by atoms with Crippen molar-refractivity contribution in [2.45, 2.75) is 12.5 Å². The predicted molar refractivity (Wildman–Crippen MR) is 63.7 cm³/mol. The van der Waals surface area contributed by atoms with E-state index in [9.17, 15) is 4.79 Å². The van der Waals surface area contributed by atoms with Crippen molar-refractivity contribution in [3.63, 3.8) is 0 Å². The van der Waals surface area contributed by atoms with Gasteiger partial charge in [-0.05, 0) is 35.9 Å². The highest BCUT2D eigenvalue weighted by atomic mass is 35.5. The minimum atomic E-state index is -1.00. The number of ether oxygens (including phenoxy) is 2. The van der Waals surface area contributed by atoms with Crippen LogP contribution < -0.4 is 14.3 Å². The zero-order chi connectivity index (χ0) is 12.8. The van der Waals surface area contributed by atoms with Crippen LogP contribution in [0.15, 0.2) is 18.2 Å². The van der Waals surface area contributed by atoms with E-state index < -0.39 is 12.0 Å². The van der Waals surface area contributed by atoms with Crippen LogP contribution in [0.25, 0.3) is 0 Å². The minimum Gasteiger partial charge on any atom is -0.493 e. The maximum atomic E-state index is 10.8. The fraction of sp³-hybridized carbons (Fsp3) is 0.364. The largest absolute Gasteiger partial charge is 0.493 e. The molecule has 2 N–H and O–H groups in total. The van der Waals surface area contributed by atoms with Gasteiger partial charge in [0, 0.05) is 0 Å². The first-order valence-electron chi connectivity index (χ1n) is 4.92. The first-order valence-corrected chi connectivity index (χ1v) is 5.30. The minimum absolute atomic E-state index is 0.263. The Balaban J connectivity index is 2.88. The van der Waals surface area contributed by atoms with Gasteiger partial charge in [0.05, 0.1) is 14.2 Å². The van der Waals surface area contributed by atoms with Crippen LogP contribution in [0.4, 0.5) is 0 Å². The number of hydrogen-bond donors (Lipinski definition) is 2. The van der Waals surface area contributed by atoms with Crippen LogP contribution in [0.1, 0.15) is 5.56 Å². The molecule has 1 rings (SSSR count). The molecule has 0 aromatic heterocycles. The number of methoxy groups -OCH3 is 2. The Labute approximate surface area is 104 Å². The van der Waals surface area contributed by atoms with E-state index in [1.807, 2.05) is 0 Å². The smallest absolute Gasteiger partial charge is 0.322 e. The number of hydrogen-bond acceptors (Lipinski definition) is 4. The molecule has 0 aliphatic heterocycles. The second-order valence-electron chi connectivity index (χ2n) is 3.39. The van der Waals surface area contributed by atoms with Crippen molar-refractivity contribution in [3.05, 3.63) is 23.8 Å². The summed E-state index contributed by atoms with van der Waals surface area (Å²) in [5.41, 5.74) is 0.795. The van der Waals surface area contributed by atoms with Crippen LogP contribution in [0.2, 0.25) is 0 Å². The lowest BCUT2D eigenvalue weighted by atomic mass is 10.1. The number of rotatable bonds is 6. The normalized spacial score (nSPS) is 11.9. The molecular formula is C11H14ClNO4. The molecule has 1 unspecified atom stereocenters. The fourth-order valence-corrected chi connectivity index (χ4v) is 1.59. The van der Waals surface area contributed by atoms with Gasteiger partial charge in [0.25, 0.3) is 0 Å². The van der Waals surface area contributed by atoms with Gasteiger partial charge in [0.15, 0.2) is 11.5 Å². The average molecular weight is 260 g/mol. The van der Waals surface area contributed by atoms with E-state index in [1.165, 1.54) is 14.2 Å². The first-order chi connectivity index (χ1) is 8.12. The van der Waals surface area contributed by atoms with Gasteiger partial charge < -0.3 is 14.6 Å². The Kier molecular flexibility index (Phi) is 5.06. The van der Waals surface area contributed by atoms with Crippen LogP contribution in [0.5, 0.6) is 11.5 Å². The van der Waals surface area contributed by atoms with E-state index >= 15 is 0 Å². The Morgan fingerprint density at radius 2 is 2.06 bits per heavy atom. The predicted octanol–water partition coefficient (Wildman–Crippen LogP) is 1.44. The summed E-state index contributed by atoms with van der Waals surface area (Å²) in [6, 6.07) is 4.38. The molecule has 6 heteroatoms. The summed E-state index contributed by atoms with van der Waals surface area (Å²) in [5, 5.41) is 8.86. The molecule has 0 fully saturated rings. The molecule has 0 bridgehead atoms. The average Bonchev–Trinajstić information content (AvgIpc) is 2.35. The fourth-order valence-electron chi connectivity index (χ4n) is 1.42. The van der Waals surface area contributed by atoms with Crippen LogP contribution in [0.3, 0.4) is 0 Å². The van der Waals surface area contributed by atoms with E-state index in [1.54, 1.807) is 18.2 Å². The van der Waals surface area contributed by atoms with E-state index in [-0.39, 0.29) is 6.42 Å². The SMILES string of the molecule is COc1ccc(CC(NCl)C(=O)O)cc1OC. The molecule has 0 aliphatic carbocycles. The number of benzene rings is 1. The second kappa shape index (κ2) is 6.32. The van der Waals surface area contributed by atoms with Crippen molar-refractivity contribution in [3.8, 4) is 11.5 Å². The maximum absolute atomic E-state index is 10.8. The number of carbonyl (C=O) groups is 1. The number of carboxylic acid groups (broad SMARTS) is 1. The summed E-state index contributed by atoms with van der Waals surface area (Å²) < 4.78 is 10.2. The van der Waals surface area contributed by atoms with Crippen molar-refractivity contribution in [1.82, 2.24) is 4.84 Å². The number of carboxylic acids is 1. The zero-order valence-corrected chi connectivity index (χ0v) is 10.3. The van der Waals surface area contributed by atoms with Crippen molar-refractivity contribution >= 4 is 17.7 Å². The quantitative estimate of drug-likeness (QED) is 0.757. The van der Waals surface area contributed by atoms with Gasteiger partial charge >= 0.3 is 5.97 Å². The van der Waals surface area contributed by atoms with Gasteiger partial charge in [0.1, 0.15) is 6.04 Å². The van der Waals surface area contributed by atoms with E-state index in [0.717, 1.165) is 5.56 Å². The monoisotopic (exact) mass is 259 g/mol. The molecule has 5 nitrogen and oxygen atoms in total. The summed E-state index contributed by atoms with van der Waals surface area (Å²) in [7, 11) is 3.06. The summed E-state index contributed by atoms with van der Waals surface area (Å²) in [5.74, 6) is 0.153. The third-order valence-corrected chi connectivity index (χ3v) is 2.58. The molecule has 1 aromatic carbocycles. The zero-order valence-electron chi connectivity index (χ0n) is 9.57. The van der Waals surface area contributed by atoms with Crippen LogP contribution in [-0.4, -0.2) is 31.3 Å². The Morgan fingerprint density at radius 1 is 1.41 bits per heavy atom. The van der Waals surface area contributed by atoms with Crippen molar-refractivity contribution < 1.29 is 19.4 Å². The van der Waals surface area contributed by atoms with Crippen LogP contribution in [-0.2, 0) is 11.2 Å². The van der Waals surface area contributed by atoms with Gasteiger partial charge in [-0.3, -0.25) is 4.79 Å². The molecule has 1 atom stereocenters. The van der Waals surface area contributed by atoms with Crippen molar-refractivity contribution in [1.29, 1.82) is 0 Å². The van der Waals surface area contributed by atoms with Crippen molar-refractivity contribution in [2.75, 3.05) is 14.2 Å². The summed E-state index contributed by atoms with van der Waals surface area (Å²) in [4.78, 5) is 13.0. The highest BCUT2D eigenvalue weighted by Gasteiger charge is 2.17. The lowest BCUT2D eigenvalue weighted by Gasteiger charge is -2.12. The molecular weight excluding hydrogens is 246 g/mol. The third kappa shape index (κ3) is 3.51. The lowest BCUT2D eigenvalue weighted by Crippen LogP contribution is -2.32. The molecule has 0 saturated carbocycles. The van der Waals surface area contributed by atoms with E-state index in [0.29, 0.717) is 11.5 Å². The van der Waals surface area contributed by atoms with Crippen LogP contribution in [0, 0.1) is 0 Å². The van der Waals surface area contributed by atoms with Gasteiger partial charge in [0.2, 0.25) is 0 Å². The van der Waals surface area contributed by atoms with E-state index in [4.69, 9.17) is 26.4 Å². The number of halogens is 1. The lowest BCUT2D eigenvalue weighted by molar-refractivity contribution is -0.138. The number of aliphatic carboxylic acids is 1. The topological polar surface area (TPSA) is 67.8 Å². The Bertz CT molecular complexity index is 397. The van der Waals surface area contributed by atoms with Crippen molar-refractivity contribution in [2.24, 2.45) is 0 Å². The molecule has 0 saturated heterocycles. The summed E-state index contributed by atoms with van der Waals surface area (Å²) in [6.45, 7) is 0. The molecule has 0 spiro atoms. The highest BCUT2D eigenvalue weighted by molar-refractivity contribution is 6.14. The summed E-state index contributed by atoms with van der Waals surface area (Å²) in [6.07, 6.45) is 0.263. The Morgan fingerprint density at radius 3 is 2.53 bits per heavy atom. The number of nitrogens with one attached hydrogen (secondary N) is 1. The van der Waals surface area contributed by atoms with Gasteiger partial charge in [-0.2, -0.15) is 0 Å². The maximum Gasteiger partial charge on any atom is 0.322 e. The van der Waals surface area contributed by atoms with E-state index in [2.05, 4.69) is 4.84 Å². The molecule has 1 aromatic rings. The molecule has 94 valence electrons. The highest BCUT2D eigenvalue weighted by Crippen LogP contribution is 2.27.